The zero-order valence-corrected chi connectivity index (χ0v) is 13.5. The van der Waals surface area contributed by atoms with Gasteiger partial charge < -0.3 is 11.1 Å². The van der Waals surface area contributed by atoms with Crippen LogP contribution in [0.25, 0.3) is 0 Å². The first kappa shape index (κ1) is 14.7. The summed E-state index contributed by atoms with van der Waals surface area (Å²) in [6, 6.07) is 6.80. The van der Waals surface area contributed by atoms with Gasteiger partial charge in [0.15, 0.2) is 0 Å². The molecule has 0 bridgehead atoms. The van der Waals surface area contributed by atoms with Gasteiger partial charge in [-0.1, -0.05) is 23.2 Å². The van der Waals surface area contributed by atoms with E-state index < -0.39 is 5.91 Å². The predicted molar refractivity (Wildman–Crippen MR) is 84.3 cm³/mol. The third-order valence-electron chi connectivity index (χ3n) is 2.40. The first-order valence-corrected chi connectivity index (χ1v) is 7.61. The lowest BCUT2D eigenvalue weighted by Gasteiger charge is -2.08. The van der Waals surface area contributed by atoms with Crippen molar-refractivity contribution in [3.8, 4) is 0 Å². The molecule has 0 aliphatic rings. The van der Waals surface area contributed by atoms with Gasteiger partial charge in [-0.05, 0) is 40.2 Å². The van der Waals surface area contributed by atoms with Crippen LogP contribution < -0.4 is 11.1 Å². The molecular formula is C12H9BrCl2N2OS. The highest BCUT2D eigenvalue weighted by atomic mass is 79.9. The number of hydrogen-bond acceptors (Lipinski definition) is 3. The van der Waals surface area contributed by atoms with Crippen molar-refractivity contribution in [1.82, 2.24) is 0 Å². The van der Waals surface area contributed by atoms with Crippen molar-refractivity contribution in [3.63, 3.8) is 0 Å². The number of carbonyl (C=O) groups is 1. The second-order valence-electron chi connectivity index (χ2n) is 3.75. The average Bonchev–Trinajstić information content (AvgIpc) is 2.67. The molecule has 19 heavy (non-hydrogen) atoms. The lowest BCUT2D eigenvalue weighted by molar-refractivity contribution is 0.100. The monoisotopic (exact) mass is 378 g/mol. The Balaban J connectivity index is 2.14. The lowest BCUT2D eigenvalue weighted by Crippen LogP contribution is -2.11. The smallest absolute Gasteiger partial charge is 0.248 e. The number of amides is 1. The topological polar surface area (TPSA) is 55.1 Å². The normalized spacial score (nSPS) is 10.5. The molecule has 2 aromatic rings. The van der Waals surface area contributed by atoms with Crippen molar-refractivity contribution in [2.75, 3.05) is 5.32 Å². The molecule has 0 saturated heterocycles. The van der Waals surface area contributed by atoms with Gasteiger partial charge in [0.2, 0.25) is 5.91 Å². The van der Waals surface area contributed by atoms with Crippen molar-refractivity contribution in [2.45, 2.75) is 6.54 Å². The second kappa shape index (κ2) is 6.13. The molecule has 3 N–H and O–H groups in total. The van der Waals surface area contributed by atoms with E-state index in [2.05, 4.69) is 21.2 Å². The number of benzene rings is 1. The van der Waals surface area contributed by atoms with E-state index in [0.29, 0.717) is 27.2 Å². The number of thiophene rings is 1. The molecule has 1 aromatic heterocycles. The molecule has 100 valence electrons. The van der Waals surface area contributed by atoms with E-state index in [9.17, 15) is 4.79 Å². The fourth-order valence-corrected chi connectivity index (χ4v) is 3.39. The van der Waals surface area contributed by atoms with Crippen molar-refractivity contribution < 1.29 is 4.79 Å². The average molecular weight is 380 g/mol. The quantitative estimate of drug-likeness (QED) is 0.819. The summed E-state index contributed by atoms with van der Waals surface area (Å²) in [6.07, 6.45) is 0. The minimum Gasteiger partial charge on any atom is -0.379 e. The molecule has 7 heteroatoms. The number of nitrogens with two attached hydrogens (primary N) is 1. The van der Waals surface area contributed by atoms with Crippen LogP contribution in [0.2, 0.25) is 9.36 Å². The maximum absolute atomic E-state index is 11.1. The Kier molecular flexibility index (Phi) is 4.73. The summed E-state index contributed by atoms with van der Waals surface area (Å²) >= 11 is 16.8. The molecule has 2 rings (SSSR count). The minimum absolute atomic E-state index is 0.414. The predicted octanol–water partition coefficient (Wildman–Crippen LogP) is 4.53. The van der Waals surface area contributed by atoms with Gasteiger partial charge in [-0.15, -0.1) is 11.3 Å². The summed E-state index contributed by atoms with van der Waals surface area (Å²) in [6.45, 7) is 0.567. The number of primary amides is 1. The summed E-state index contributed by atoms with van der Waals surface area (Å²) in [4.78, 5) is 12.2. The molecule has 1 heterocycles. The van der Waals surface area contributed by atoms with E-state index in [1.165, 1.54) is 11.3 Å². The summed E-state index contributed by atoms with van der Waals surface area (Å²) < 4.78 is 1.57. The first-order valence-electron chi connectivity index (χ1n) is 5.24. The highest BCUT2D eigenvalue weighted by molar-refractivity contribution is 9.10. The largest absolute Gasteiger partial charge is 0.379 e. The molecule has 0 aliphatic heterocycles. The molecule has 0 atom stereocenters. The van der Waals surface area contributed by atoms with Gasteiger partial charge in [-0.3, -0.25) is 4.79 Å². The third kappa shape index (κ3) is 3.63. The molecule has 0 unspecified atom stereocenters. The van der Waals surface area contributed by atoms with Gasteiger partial charge in [0.1, 0.15) is 4.34 Å². The van der Waals surface area contributed by atoms with Crippen LogP contribution in [0, 0.1) is 0 Å². The zero-order valence-electron chi connectivity index (χ0n) is 9.54. The Morgan fingerprint density at radius 2 is 2.11 bits per heavy atom. The molecule has 0 fully saturated rings. The fourth-order valence-electron chi connectivity index (χ4n) is 1.47. The molecule has 0 aliphatic carbocycles. The maximum Gasteiger partial charge on any atom is 0.248 e. The molecule has 0 spiro atoms. The number of rotatable bonds is 4. The molecular weight excluding hydrogens is 371 g/mol. The van der Waals surface area contributed by atoms with Gasteiger partial charge in [0, 0.05) is 21.5 Å². The van der Waals surface area contributed by atoms with E-state index in [4.69, 9.17) is 28.9 Å². The number of hydrogen-bond donors (Lipinski definition) is 2. The van der Waals surface area contributed by atoms with Gasteiger partial charge in [-0.2, -0.15) is 0 Å². The van der Waals surface area contributed by atoms with Crippen LogP contribution in [-0.2, 0) is 6.54 Å². The lowest BCUT2D eigenvalue weighted by atomic mass is 10.2. The van der Waals surface area contributed by atoms with E-state index in [1.807, 2.05) is 6.07 Å². The van der Waals surface area contributed by atoms with Crippen LogP contribution in [0.1, 0.15) is 15.2 Å². The van der Waals surface area contributed by atoms with E-state index in [-0.39, 0.29) is 0 Å². The number of nitrogens with one attached hydrogen (secondary N) is 1. The standard InChI is InChI=1S/C12H9BrCl2N2OS/c13-8-4-7(19-11(8)15)5-17-10-3-6(12(16)18)1-2-9(10)14/h1-4,17H,5H2,(H2,16,18). The molecule has 1 amide bonds. The highest BCUT2D eigenvalue weighted by Gasteiger charge is 2.08. The van der Waals surface area contributed by atoms with Crippen molar-refractivity contribution >= 4 is 62.1 Å². The van der Waals surface area contributed by atoms with Crippen molar-refractivity contribution in [2.24, 2.45) is 5.73 Å². The van der Waals surface area contributed by atoms with E-state index in [0.717, 1.165) is 9.35 Å². The Bertz CT molecular complexity index is 611. The summed E-state index contributed by atoms with van der Waals surface area (Å²) in [5.74, 6) is -0.485. The molecule has 0 saturated carbocycles. The Morgan fingerprint density at radius 3 is 2.68 bits per heavy atom. The third-order valence-corrected chi connectivity index (χ3v) is 5.20. The van der Waals surface area contributed by atoms with Crippen molar-refractivity contribution in [3.05, 3.63) is 48.5 Å². The SMILES string of the molecule is NC(=O)c1ccc(Cl)c(NCc2cc(Br)c(Cl)s2)c1. The van der Waals surface area contributed by atoms with Crippen molar-refractivity contribution in [1.29, 1.82) is 0 Å². The minimum atomic E-state index is -0.485. The van der Waals surface area contributed by atoms with Gasteiger partial charge in [-0.25, -0.2) is 0 Å². The second-order valence-corrected chi connectivity index (χ2v) is 6.75. The summed E-state index contributed by atoms with van der Waals surface area (Å²) in [5.41, 5.74) is 6.31. The van der Waals surface area contributed by atoms with Crippen LogP contribution >= 0.6 is 50.5 Å². The number of carbonyl (C=O) groups excluding carboxylic acids is 1. The maximum atomic E-state index is 11.1. The Labute approximate surface area is 132 Å². The van der Waals surface area contributed by atoms with Gasteiger partial charge in [0.25, 0.3) is 0 Å². The van der Waals surface area contributed by atoms with Crippen LogP contribution in [0.15, 0.2) is 28.7 Å². The summed E-state index contributed by atoms with van der Waals surface area (Å²) in [5, 5.41) is 3.69. The Morgan fingerprint density at radius 1 is 1.37 bits per heavy atom. The van der Waals surface area contributed by atoms with Crippen LogP contribution in [0.4, 0.5) is 5.69 Å². The van der Waals surface area contributed by atoms with Crippen LogP contribution in [0.3, 0.4) is 0 Å². The molecule has 1 aromatic carbocycles. The first-order chi connectivity index (χ1) is 8.97. The summed E-state index contributed by atoms with van der Waals surface area (Å²) in [7, 11) is 0. The highest BCUT2D eigenvalue weighted by Crippen LogP contribution is 2.33. The molecule has 0 radical (unpaired) electrons. The van der Waals surface area contributed by atoms with E-state index >= 15 is 0 Å². The van der Waals surface area contributed by atoms with Crippen LogP contribution in [-0.4, -0.2) is 5.91 Å². The van der Waals surface area contributed by atoms with Crippen LogP contribution in [0.5, 0.6) is 0 Å². The zero-order chi connectivity index (χ0) is 14.0. The van der Waals surface area contributed by atoms with Gasteiger partial charge in [0.05, 0.1) is 10.7 Å². The number of anilines is 1. The molecule has 3 nitrogen and oxygen atoms in total. The Hall–Kier alpha value is -0.750. The fraction of sp³-hybridized carbons (Fsp3) is 0.0833. The van der Waals surface area contributed by atoms with Gasteiger partial charge >= 0.3 is 0 Å². The van der Waals surface area contributed by atoms with E-state index in [1.54, 1.807) is 18.2 Å². The number of halogens is 3.